The Bertz CT molecular complexity index is 555. The van der Waals surface area contributed by atoms with Gasteiger partial charge in [0.25, 0.3) is 0 Å². The van der Waals surface area contributed by atoms with Crippen LogP contribution in [-0.2, 0) is 0 Å². The SMILES string of the molecule is Cc1ccc(Oc2ccc(N)c(N)c2)c(Cl)c1. The van der Waals surface area contributed by atoms with E-state index in [2.05, 4.69) is 0 Å². The summed E-state index contributed by atoms with van der Waals surface area (Å²) in [6.07, 6.45) is 0. The minimum atomic E-state index is 0.491. The van der Waals surface area contributed by atoms with Gasteiger partial charge in [0.05, 0.1) is 16.4 Å². The molecule has 2 aromatic carbocycles. The predicted octanol–water partition coefficient (Wildman–Crippen LogP) is 3.61. The number of aryl methyl sites for hydroxylation is 1. The lowest BCUT2D eigenvalue weighted by Gasteiger charge is -2.09. The fourth-order valence-corrected chi connectivity index (χ4v) is 1.71. The van der Waals surface area contributed by atoms with E-state index in [4.69, 9.17) is 27.8 Å². The predicted molar refractivity (Wildman–Crippen MR) is 71.5 cm³/mol. The molecule has 88 valence electrons. The van der Waals surface area contributed by atoms with Crippen LogP contribution in [0.25, 0.3) is 0 Å². The van der Waals surface area contributed by atoms with Crippen molar-refractivity contribution >= 4 is 23.0 Å². The molecule has 0 radical (unpaired) electrons. The lowest BCUT2D eigenvalue weighted by atomic mass is 10.2. The molecular weight excluding hydrogens is 236 g/mol. The van der Waals surface area contributed by atoms with Gasteiger partial charge in [-0.15, -0.1) is 0 Å². The normalized spacial score (nSPS) is 10.2. The molecule has 17 heavy (non-hydrogen) atoms. The van der Waals surface area contributed by atoms with Gasteiger partial charge in [-0.2, -0.15) is 0 Å². The number of rotatable bonds is 2. The average Bonchev–Trinajstić information content (AvgIpc) is 2.27. The topological polar surface area (TPSA) is 61.3 Å². The molecule has 0 heterocycles. The Kier molecular flexibility index (Phi) is 3.11. The second kappa shape index (κ2) is 4.55. The molecule has 0 amide bonds. The number of anilines is 2. The van der Waals surface area contributed by atoms with Gasteiger partial charge in [-0.1, -0.05) is 17.7 Å². The van der Waals surface area contributed by atoms with Gasteiger partial charge in [0.2, 0.25) is 0 Å². The van der Waals surface area contributed by atoms with Crippen molar-refractivity contribution in [2.75, 3.05) is 11.5 Å². The van der Waals surface area contributed by atoms with Crippen molar-refractivity contribution < 1.29 is 4.74 Å². The van der Waals surface area contributed by atoms with E-state index in [1.807, 2.05) is 25.1 Å². The van der Waals surface area contributed by atoms with Crippen LogP contribution in [0.5, 0.6) is 11.5 Å². The van der Waals surface area contributed by atoms with Crippen molar-refractivity contribution in [3.05, 3.63) is 47.0 Å². The number of hydrogen-bond acceptors (Lipinski definition) is 3. The number of ether oxygens (including phenoxy) is 1. The Balaban J connectivity index is 2.28. The second-order valence-corrected chi connectivity index (χ2v) is 4.23. The van der Waals surface area contributed by atoms with Crippen LogP contribution in [-0.4, -0.2) is 0 Å². The summed E-state index contributed by atoms with van der Waals surface area (Å²) >= 11 is 6.07. The quantitative estimate of drug-likeness (QED) is 0.798. The summed E-state index contributed by atoms with van der Waals surface area (Å²) in [5.41, 5.74) is 13.4. The molecule has 0 aliphatic rings. The van der Waals surface area contributed by atoms with E-state index in [1.165, 1.54) is 0 Å². The molecule has 2 aromatic rings. The first kappa shape index (κ1) is 11.6. The van der Waals surface area contributed by atoms with Gasteiger partial charge in [-0.3, -0.25) is 0 Å². The maximum Gasteiger partial charge on any atom is 0.146 e. The van der Waals surface area contributed by atoms with E-state index in [9.17, 15) is 0 Å². The Morgan fingerprint density at radius 3 is 2.41 bits per heavy atom. The zero-order valence-corrected chi connectivity index (χ0v) is 10.2. The number of nitrogen functional groups attached to an aromatic ring is 2. The maximum atomic E-state index is 6.07. The smallest absolute Gasteiger partial charge is 0.146 e. The molecule has 4 N–H and O–H groups in total. The molecule has 0 aromatic heterocycles. The Hall–Kier alpha value is -1.87. The molecule has 0 atom stereocenters. The van der Waals surface area contributed by atoms with Gasteiger partial charge in [-0.25, -0.2) is 0 Å². The second-order valence-electron chi connectivity index (χ2n) is 3.83. The van der Waals surface area contributed by atoms with Gasteiger partial charge in [0.15, 0.2) is 0 Å². The van der Waals surface area contributed by atoms with Crippen molar-refractivity contribution in [1.29, 1.82) is 0 Å². The standard InChI is InChI=1S/C13H13ClN2O/c1-8-2-5-13(10(14)6-8)17-9-3-4-11(15)12(16)7-9/h2-7H,15-16H2,1H3. The van der Waals surface area contributed by atoms with E-state index >= 15 is 0 Å². The van der Waals surface area contributed by atoms with E-state index in [0.717, 1.165) is 5.56 Å². The van der Waals surface area contributed by atoms with Crippen LogP contribution in [0.4, 0.5) is 11.4 Å². The zero-order valence-electron chi connectivity index (χ0n) is 9.41. The van der Waals surface area contributed by atoms with E-state index in [-0.39, 0.29) is 0 Å². The molecule has 0 aliphatic heterocycles. The van der Waals surface area contributed by atoms with E-state index in [1.54, 1.807) is 18.2 Å². The van der Waals surface area contributed by atoms with Crippen molar-refractivity contribution in [3.63, 3.8) is 0 Å². The molecule has 0 bridgehead atoms. The Morgan fingerprint density at radius 2 is 1.76 bits per heavy atom. The fourth-order valence-electron chi connectivity index (χ4n) is 1.43. The summed E-state index contributed by atoms with van der Waals surface area (Å²) in [7, 11) is 0. The van der Waals surface area contributed by atoms with Gasteiger partial charge in [-0.05, 0) is 36.8 Å². The molecule has 0 aliphatic carbocycles. The highest BCUT2D eigenvalue weighted by Crippen LogP contribution is 2.31. The van der Waals surface area contributed by atoms with E-state index in [0.29, 0.717) is 27.9 Å². The van der Waals surface area contributed by atoms with Crippen molar-refractivity contribution in [3.8, 4) is 11.5 Å². The molecule has 2 rings (SSSR count). The summed E-state index contributed by atoms with van der Waals surface area (Å²) in [6, 6.07) is 10.7. The maximum absolute atomic E-state index is 6.07. The Labute approximate surface area is 105 Å². The molecular formula is C13H13ClN2O. The molecule has 0 unspecified atom stereocenters. The largest absolute Gasteiger partial charge is 0.456 e. The van der Waals surface area contributed by atoms with Crippen LogP contribution in [0.3, 0.4) is 0 Å². The highest BCUT2D eigenvalue weighted by atomic mass is 35.5. The van der Waals surface area contributed by atoms with Gasteiger partial charge < -0.3 is 16.2 Å². The van der Waals surface area contributed by atoms with Crippen LogP contribution in [0, 0.1) is 6.92 Å². The summed E-state index contributed by atoms with van der Waals surface area (Å²) in [6.45, 7) is 1.97. The van der Waals surface area contributed by atoms with Gasteiger partial charge >= 0.3 is 0 Å². The summed E-state index contributed by atoms with van der Waals surface area (Å²) < 4.78 is 5.63. The van der Waals surface area contributed by atoms with Crippen LogP contribution < -0.4 is 16.2 Å². The van der Waals surface area contributed by atoms with Crippen LogP contribution in [0.2, 0.25) is 5.02 Å². The zero-order chi connectivity index (χ0) is 12.4. The van der Waals surface area contributed by atoms with Crippen LogP contribution in [0.1, 0.15) is 5.56 Å². The van der Waals surface area contributed by atoms with Gasteiger partial charge in [0.1, 0.15) is 11.5 Å². The van der Waals surface area contributed by atoms with Crippen molar-refractivity contribution in [2.24, 2.45) is 0 Å². The Morgan fingerprint density at radius 1 is 1.00 bits per heavy atom. The molecule has 0 fully saturated rings. The molecule has 0 spiro atoms. The molecule has 3 nitrogen and oxygen atoms in total. The van der Waals surface area contributed by atoms with Crippen molar-refractivity contribution in [2.45, 2.75) is 6.92 Å². The van der Waals surface area contributed by atoms with Crippen LogP contribution >= 0.6 is 11.6 Å². The monoisotopic (exact) mass is 248 g/mol. The van der Waals surface area contributed by atoms with E-state index < -0.39 is 0 Å². The third-order valence-electron chi connectivity index (χ3n) is 2.37. The molecule has 0 saturated heterocycles. The first-order chi connectivity index (χ1) is 8.06. The number of hydrogen-bond donors (Lipinski definition) is 2. The number of nitrogens with two attached hydrogens (primary N) is 2. The fraction of sp³-hybridized carbons (Fsp3) is 0.0769. The highest BCUT2D eigenvalue weighted by Gasteiger charge is 2.04. The number of benzene rings is 2. The first-order valence-corrected chi connectivity index (χ1v) is 5.53. The minimum absolute atomic E-state index is 0.491. The first-order valence-electron chi connectivity index (χ1n) is 5.15. The third-order valence-corrected chi connectivity index (χ3v) is 2.67. The summed E-state index contributed by atoms with van der Waals surface area (Å²) in [5.74, 6) is 1.21. The lowest BCUT2D eigenvalue weighted by molar-refractivity contribution is 0.483. The minimum Gasteiger partial charge on any atom is -0.456 e. The van der Waals surface area contributed by atoms with Crippen molar-refractivity contribution in [1.82, 2.24) is 0 Å². The molecule has 0 saturated carbocycles. The summed E-state index contributed by atoms with van der Waals surface area (Å²) in [5, 5.41) is 0.570. The van der Waals surface area contributed by atoms with Gasteiger partial charge in [0, 0.05) is 6.07 Å². The average molecular weight is 249 g/mol. The summed E-state index contributed by atoms with van der Waals surface area (Å²) in [4.78, 5) is 0. The highest BCUT2D eigenvalue weighted by molar-refractivity contribution is 6.32. The molecule has 4 heteroatoms. The number of halogens is 1. The lowest BCUT2D eigenvalue weighted by Crippen LogP contribution is -1.95. The third kappa shape index (κ3) is 2.63. The van der Waals surface area contributed by atoms with Crippen LogP contribution in [0.15, 0.2) is 36.4 Å².